The van der Waals surface area contributed by atoms with Crippen LogP contribution in [0.25, 0.3) is 11.6 Å². The van der Waals surface area contributed by atoms with Crippen molar-refractivity contribution in [2.45, 2.75) is 32.1 Å². The van der Waals surface area contributed by atoms with Gasteiger partial charge in [-0.1, -0.05) is 5.16 Å². The molecule has 106 valence electrons. The van der Waals surface area contributed by atoms with E-state index in [-0.39, 0.29) is 5.92 Å². The molecule has 4 rings (SSSR count). The minimum atomic E-state index is 0.101. The number of thiazole rings is 1. The van der Waals surface area contributed by atoms with E-state index in [0.29, 0.717) is 17.5 Å². The van der Waals surface area contributed by atoms with E-state index in [1.54, 1.807) is 29.8 Å². The second kappa shape index (κ2) is 5.00. The molecule has 0 amide bonds. The normalized spacial score (nSPS) is 17.7. The van der Waals surface area contributed by atoms with E-state index in [0.717, 1.165) is 30.0 Å². The molecular formula is C14H13N5OS. The molecule has 3 heterocycles. The highest BCUT2D eigenvalue weighted by atomic mass is 32.1. The minimum absolute atomic E-state index is 0.101. The quantitative estimate of drug-likeness (QED) is 0.724. The molecule has 0 fully saturated rings. The van der Waals surface area contributed by atoms with Gasteiger partial charge in [-0.05, 0) is 32.3 Å². The Balaban J connectivity index is 1.71. The molecule has 0 spiro atoms. The monoisotopic (exact) mass is 299 g/mol. The second-order valence-electron chi connectivity index (χ2n) is 5.01. The first-order chi connectivity index (χ1) is 10.3. The van der Waals surface area contributed by atoms with E-state index in [1.807, 2.05) is 6.92 Å². The number of hydrogen-bond donors (Lipinski definition) is 0. The summed E-state index contributed by atoms with van der Waals surface area (Å²) in [5.74, 6) is 1.63. The van der Waals surface area contributed by atoms with Crippen molar-refractivity contribution < 1.29 is 4.52 Å². The lowest BCUT2D eigenvalue weighted by molar-refractivity contribution is 0.353. The van der Waals surface area contributed by atoms with Crippen molar-refractivity contribution in [2.24, 2.45) is 0 Å². The first-order valence-corrected chi connectivity index (χ1v) is 7.70. The largest absolute Gasteiger partial charge is 0.338 e. The molecule has 1 aliphatic carbocycles. The van der Waals surface area contributed by atoms with E-state index in [1.165, 1.54) is 4.88 Å². The van der Waals surface area contributed by atoms with Crippen LogP contribution in [0.4, 0.5) is 0 Å². The third-order valence-corrected chi connectivity index (χ3v) is 4.61. The molecule has 6 nitrogen and oxygen atoms in total. The molecule has 0 bridgehead atoms. The van der Waals surface area contributed by atoms with Crippen molar-refractivity contribution in [2.75, 3.05) is 0 Å². The number of aryl methyl sites for hydroxylation is 2. The molecule has 1 atom stereocenters. The zero-order chi connectivity index (χ0) is 14.2. The Morgan fingerprint density at radius 2 is 2.05 bits per heavy atom. The van der Waals surface area contributed by atoms with Crippen LogP contribution in [0, 0.1) is 6.92 Å². The smallest absolute Gasteiger partial charge is 0.240 e. The number of hydrogen-bond acceptors (Lipinski definition) is 7. The number of fused-ring (bicyclic) bond motifs is 1. The molecule has 0 aromatic carbocycles. The van der Waals surface area contributed by atoms with Gasteiger partial charge in [0.2, 0.25) is 17.5 Å². The third-order valence-electron chi connectivity index (χ3n) is 3.57. The molecule has 3 aromatic rings. The van der Waals surface area contributed by atoms with Gasteiger partial charge in [0.05, 0.1) is 16.6 Å². The fourth-order valence-corrected chi connectivity index (χ4v) is 3.70. The molecule has 0 saturated heterocycles. The zero-order valence-corrected chi connectivity index (χ0v) is 12.3. The first kappa shape index (κ1) is 12.6. The van der Waals surface area contributed by atoms with Crippen molar-refractivity contribution in [3.63, 3.8) is 0 Å². The van der Waals surface area contributed by atoms with Gasteiger partial charge in [-0.2, -0.15) is 4.98 Å². The van der Waals surface area contributed by atoms with Crippen molar-refractivity contribution in [3.05, 3.63) is 39.9 Å². The summed E-state index contributed by atoms with van der Waals surface area (Å²) in [5.41, 5.74) is 1.10. The molecule has 0 radical (unpaired) electrons. The van der Waals surface area contributed by atoms with E-state index < -0.39 is 0 Å². The fraction of sp³-hybridized carbons (Fsp3) is 0.357. The van der Waals surface area contributed by atoms with Crippen molar-refractivity contribution >= 4 is 11.3 Å². The van der Waals surface area contributed by atoms with Gasteiger partial charge in [-0.3, -0.25) is 0 Å². The van der Waals surface area contributed by atoms with E-state index in [9.17, 15) is 0 Å². The Hall–Kier alpha value is -2.15. The van der Waals surface area contributed by atoms with Crippen LogP contribution in [0.5, 0.6) is 0 Å². The maximum atomic E-state index is 5.45. The van der Waals surface area contributed by atoms with Gasteiger partial charge in [0.15, 0.2) is 0 Å². The second-order valence-corrected chi connectivity index (χ2v) is 6.30. The highest BCUT2D eigenvalue weighted by Gasteiger charge is 2.30. The average Bonchev–Trinajstić information content (AvgIpc) is 3.13. The fourth-order valence-electron chi connectivity index (χ4n) is 2.66. The number of aromatic nitrogens is 5. The Kier molecular flexibility index (Phi) is 2.99. The Bertz CT molecular complexity index is 767. The van der Waals surface area contributed by atoms with Crippen LogP contribution in [-0.4, -0.2) is 25.1 Å². The molecule has 0 aliphatic heterocycles. The van der Waals surface area contributed by atoms with Crippen LogP contribution >= 0.6 is 11.3 Å². The standard InChI is InChI=1S/C14H13N5OS/c1-8-17-11-9(4-2-5-10(11)21-8)14-18-13(19-20-14)12-15-6-3-7-16-12/h3,6-7,9H,2,4-5H2,1H3. The summed E-state index contributed by atoms with van der Waals surface area (Å²) in [6.07, 6.45) is 6.55. The Morgan fingerprint density at radius 3 is 2.90 bits per heavy atom. The molecule has 0 saturated carbocycles. The SMILES string of the molecule is Cc1nc2c(s1)CCCC2c1nc(-c2ncccn2)no1. The summed E-state index contributed by atoms with van der Waals surface area (Å²) >= 11 is 1.77. The molecule has 1 unspecified atom stereocenters. The maximum absolute atomic E-state index is 5.45. The maximum Gasteiger partial charge on any atom is 0.240 e. The lowest BCUT2D eigenvalue weighted by Gasteiger charge is -2.17. The summed E-state index contributed by atoms with van der Waals surface area (Å²) in [6.45, 7) is 2.04. The highest BCUT2D eigenvalue weighted by molar-refractivity contribution is 7.11. The van der Waals surface area contributed by atoms with Crippen molar-refractivity contribution in [3.8, 4) is 11.6 Å². The van der Waals surface area contributed by atoms with Gasteiger partial charge < -0.3 is 4.52 Å². The summed E-state index contributed by atoms with van der Waals surface area (Å²) in [7, 11) is 0. The predicted octanol–water partition coefficient (Wildman–Crippen LogP) is 2.76. The molecule has 21 heavy (non-hydrogen) atoms. The topological polar surface area (TPSA) is 77.6 Å². The van der Waals surface area contributed by atoms with Gasteiger partial charge in [-0.15, -0.1) is 11.3 Å². The van der Waals surface area contributed by atoms with Crippen LogP contribution < -0.4 is 0 Å². The number of nitrogens with zero attached hydrogens (tertiary/aromatic N) is 5. The van der Waals surface area contributed by atoms with Gasteiger partial charge in [0.1, 0.15) is 0 Å². The van der Waals surface area contributed by atoms with Crippen LogP contribution in [0.15, 0.2) is 23.0 Å². The van der Waals surface area contributed by atoms with Crippen molar-refractivity contribution in [1.82, 2.24) is 25.1 Å². The lowest BCUT2D eigenvalue weighted by atomic mass is 9.91. The molecule has 3 aromatic heterocycles. The van der Waals surface area contributed by atoms with Crippen molar-refractivity contribution in [1.29, 1.82) is 0 Å². The Morgan fingerprint density at radius 1 is 1.19 bits per heavy atom. The van der Waals surface area contributed by atoms with E-state index in [2.05, 4.69) is 25.1 Å². The molecular weight excluding hydrogens is 286 g/mol. The summed E-state index contributed by atoms with van der Waals surface area (Å²) in [6, 6.07) is 1.76. The van der Waals surface area contributed by atoms with E-state index in [4.69, 9.17) is 4.52 Å². The summed E-state index contributed by atoms with van der Waals surface area (Å²) in [5, 5.41) is 5.10. The first-order valence-electron chi connectivity index (χ1n) is 6.88. The molecule has 1 aliphatic rings. The van der Waals surface area contributed by atoms with Crippen LogP contribution in [0.3, 0.4) is 0 Å². The number of rotatable bonds is 2. The van der Waals surface area contributed by atoms with Crippen LogP contribution in [0.2, 0.25) is 0 Å². The van der Waals surface area contributed by atoms with Gasteiger partial charge in [-0.25, -0.2) is 15.0 Å². The van der Waals surface area contributed by atoms with Gasteiger partial charge in [0, 0.05) is 17.3 Å². The zero-order valence-electron chi connectivity index (χ0n) is 11.5. The molecule has 0 N–H and O–H groups in total. The van der Waals surface area contributed by atoms with E-state index >= 15 is 0 Å². The Labute approximate surface area is 125 Å². The van der Waals surface area contributed by atoms with Crippen LogP contribution in [-0.2, 0) is 6.42 Å². The molecule has 7 heteroatoms. The highest BCUT2D eigenvalue weighted by Crippen LogP contribution is 2.38. The third kappa shape index (κ3) is 2.23. The summed E-state index contributed by atoms with van der Waals surface area (Å²) in [4.78, 5) is 18.8. The van der Waals surface area contributed by atoms with Crippen LogP contribution in [0.1, 0.15) is 40.2 Å². The lowest BCUT2D eigenvalue weighted by Crippen LogP contribution is -2.10. The van der Waals surface area contributed by atoms with Gasteiger partial charge >= 0.3 is 0 Å². The minimum Gasteiger partial charge on any atom is -0.338 e. The average molecular weight is 299 g/mol. The van der Waals surface area contributed by atoms with Gasteiger partial charge in [0.25, 0.3) is 0 Å². The predicted molar refractivity (Wildman–Crippen MR) is 77.0 cm³/mol. The summed E-state index contributed by atoms with van der Waals surface area (Å²) < 4.78 is 5.45.